The normalized spacial score (nSPS) is 10.2. The Labute approximate surface area is 107 Å². The first-order valence-electron chi connectivity index (χ1n) is 6.07. The summed E-state index contributed by atoms with van der Waals surface area (Å²) in [6.45, 7) is 5.25. The minimum absolute atomic E-state index is 0.0175. The molecular weight excluding hydrogens is 236 g/mol. The van der Waals surface area contributed by atoms with Crippen molar-refractivity contribution in [1.29, 1.82) is 0 Å². The van der Waals surface area contributed by atoms with Gasteiger partial charge in [-0.2, -0.15) is 0 Å². The molecule has 18 heavy (non-hydrogen) atoms. The lowest BCUT2D eigenvalue weighted by molar-refractivity contribution is -0.124. The second-order valence-electron chi connectivity index (χ2n) is 3.97. The minimum atomic E-state index is -0.883. The van der Waals surface area contributed by atoms with Gasteiger partial charge in [0.25, 0.3) is 0 Å². The molecule has 0 saturated carbocycles. The van der Waals surface area contributed by atoms with E-state index in [0.29, 0.717) is 13.1 Å². The molecule has 4 amide bonds. The van der Waals surface area contributed by atoms with Crippen LogP contribution in [0.5, 0.6) is 0 Å². The number of hydrogen-bond donors (Lipinski definition) is 3. The highest BCUT2D eigenvalue weighted by atomic mass is 16.2. The number of urea groups is 1. The second kappa shape index (κ2) is 9.41. The summed E-state index contributed by atoms with van der Waals surface area (Å²) in [7, 11) is 0. The molecule has 0 aliphatic carbocycles. The molecule has 4 N–H and O–H groups in total. The van der Waals surface area contributed by atoms with Crippen LogP contribution in [0, 0.1) is 0 Å². The molecule has 0 aromatic carbocycles. The van der Waals surface area contributed by atoms with Crippen molar-refractivity contribution in [3.8, 4) is 0 Å². The fraction of sp³-hybridized carbons (Fsp3) is 0.727. The molecule has 0 unspecified atom stereocenters. The van der Waals surface area contributed by atoms with Gasteiger partial charge in [-0.1, -0.05) is 13.8 Å². The molecule has 0 aromatic rings. The molecule has 0 spiro atoms. The molecule has 0 aliphatic heterocycles. The Balaban J connectivity index is 4.16. The van der Waals surface area contributed by atoms with Crippen LogP contribution in [0.25, 0.3) is 0 Å². The zero-order valence-corrected chi connectivity index (χ0v) is 11.0. The standard InChI is InChI=1S/C11H22N4O3/c1-3-5-13-9(16)7-15(6-4-2)8-10(17)14-11(12)18/h3-8H2,1-2H3,(H,13,16)(H3,12,14,17,18). The summed E-state index contributed by atoms with van der Waals surface area (Å²) in [6, 6.07) is -0.883. The van der Waals surface area contributed by atoms with E-state index in [9.17, 15) is 14.4 Å². The maximum atomic E-state index is 11.5. The van der Waals surface area contributed by atoms with E-state index < -0.39 is 11.9 Å². The molecule has 104 valence electrons. The first-order chi connectivity index (χ1) is 8.49. The lowest BCUT2D eigenvalue weighted by Gasteiger charge is -2.19. The highest BCUT2D eigenvalue weighted by Crippen LogP contribution is 1.91. The molecule has 0 fully saturated rings. The zero-order valence-electron chi connectivity index (χ0n) is 11.0. The number of amides is 4. The van der Waals surface area contributed by atoms with Gasteiger partial charge >= 0.3 is 6.03 Å². The van der Waals surface area contributed by atoms with Crippen molar-refractivity contribution in [2.24, 2.45) is 5.73 Å². The van der Waals surface area contributed by atoms with Gasteiger partial charge in [-0.25, -0.2) is 4.79 Å². The van der Waals surface area contributed by atoms with Gasteiger partial charge in [0.05, 0.1) is 13.1 Å². The number of rotatable bonds is 8. The van der Waals surface area contributed by atoms with E-state index >= 15 is 0 Å². The van der Waals surface area contributed by atoms with E-state index in [1.807, 2.05) is 19.2 Å². The van der Waals surface area contributed by atoms with Crippen molar-refractivity contribution in [2.75, 3.05) is 26.2 Å². The summed E-state index contributed by atoms with van der Waals surface area (Å²) < 4.78 is 0. The van der Waals surface area contributed by atoms with Crippen LogP contribution in [-0.4, -0.2) is 48.9 Å². The SMILES string of the molecule is CCCNC(=O)CN(CCC)CC(=O)NC(N)=O. The highest BCUT2D eigenvalue weighted by Gasteiger charge is 2.14. The van der Waals surface area contributed by atoms with Gasteiger partial charge in [0.1, 0.15) is 0 Å². The van der Waals surface area contributed by atoms with E-state index in [-0.39, 0.29) is 19.0 Å². The van der Waals surface area contributed by atoms with Crippen molar-refractivity contribution in [3.63, 3.8) is 0 Å². The van der Waals surface area contributed by atoms with Gasteiger partial charge in [0, 0.05) is 6.54 Å². The molecular formula is C11H22N4O3. The lowest BCUT2D eigenvalue weighted by atomic mass is 10.3. The van der Waals surface area contributed by atoms with Gasteiger partial charge in [-0.05, 0) is 19.4 Å². The van der Waals surface area contributed by atoms with Crippen LogP contribution in [-0.2, 0) is 9.59 Å². The number of nitrogens with zero attached hydrogens (tertiary/aromatic N) is 1. The second-order valence-corrected chi connectivity index (χ2v) is 3.97. The van der Waals surface area contributed by atoms with Crippen LogP contribution >= 0.6 is 0 Å². The average molecular weight is 258 g/mol. The molecule has 0 atom stereocenters. The van der Waals surface area contributed by atoms with Crippen LogP contribution < -0.4 is 16.4 Å². The monoisotopic (exact) mass is 258 g/mol. The number of nitrogens with one attached hydrogen (secondary N) is 2. The third kappa shape index (κ3) is 8.51. The van der Waals surface area contributed by atoms with Crippen molar-refractivity contribution in [2.45, 2.75) is 26.7 Å². The molecule has 0 saturated heterocycles. The maximum Gasteiger partial charge on any atom is 0.318 e. The molecule has 0 aliphatic rings. The molecule has 0 heterocycles. The quantitative estimate of drug-likeness (QED) is 0.541. The van der Waals surface area contributed by atoms with E-state index in [0.717, 1.165) is 12.8 Å². The minimum Gasteiger partial charge on any atom is -0.355 e. The number of hydrogen-bond acceptors (Lipinski definition) is 4. The van der Waals surface area contributed by atoms with Crippen molar-refractivity contribution < 1.29 is 14.4 Å². The van der Waals surface area contributed by atoms with Gasteiger partial charge < -0.3 is 11.1 Å². The van der Waals surface area contributed by atoms with Crippen molar-refractivity contribution in [3.05, 3.63) is 0 Å². The Bertz CT molecular complexity index is 294. The topological polar surface area (TPSA) is 105 Å². The van der Waals surface area contributed by atoms with Crippen molar-refractivity contribution in [1.82, 2.24) is 15.5 Å². The average Bonchev–Trinajstić information content (AvgIpc) is 2.25. The molecule has 0 bridgehead atoms. The summed E-state index contributed by atoms with van der Waals surface area (Å²) in [4.78, 5) is 35.0. The first kappa shape index (κ1) is 16.4. The number of carbonyl (C=O) groups excluding carboxylic acids is 3. The van der Waals surface area contributed by atoms with E-state index in [2.05, 4.69) is 5.32 Å². The van der Waals surface area contributed by atoms with Crippen LogP contribution in [0.15, 0.2) is 0 Å². The third-order valence-electron chi connectivity index (χ3n) is 2.11. The third-order valence-corrected chi connectivity index (χ3v) is 2.11. The van der Waals surface area contributed by atoms with Gasteiger partial charge in [-0.3, -0.25) is 19.8 Å². The Kier molecular flexibility index (Phi) is 8.55. The van der Waals surface area contributed by atoms with Crippen LogP contribution in [0.4, 0.5) is 4.79 Å². The van der Waals surface area contributed by atoms with Crippen LogP contribution in [0.1, 0.15) is 26.7 Å². The van der Waals surface area contributed by atoms with Gasteiger partial charge in [0.2, 0.25) is 11.8 Å². The molecule has 7 heteroatoms. The summed E-state index contributed by atoms with van der Waals surface area (Å²) in [6.07, 6.45) is 1.67. The van der Waals surface area contributed by atoms with E-state index in [4.69, 9.17) is 5.73 Å². The summed E-state index contributed by atoms with van der Waals surface area (Å²) in [5.41, 5.74) is 4.84. The van der Waals surface area contributed by atoms with Crippen LogP contribution in [0.2, 0.25) is 0 Å². The summed E-state index contributed by atoms with van der Waals surface area (Å²) in [5, 5.41) is 4.71. The van der Waals surface area contributed by atoms with E-state index in [1.165, 1.54) is 0 Å². The van der Waals surface area contributed by atoms with Gasteiger partial charge in [0.15, 0.2) is 0 Å². The Morgan fingerprint density at radius 2 is 1.67 bits per heavy atom. The largest absolute Gasteiger partial charge is 0.355 e. The molecule has 7 nitrogen and oxygen atoms in total. The smallest absolute Gasteiger partial charge is 0.318 e. The first-order valence-corrected chi connectivity index (χ1v) is 6.07. The highest BCUT2D eigenvalue weighted by molar-refractivity contribution is 5.94. The van der Waals surface area contributed by atoms with Gasteiger partial charge in [-0.15, -0.1) is 0 Å². The summed E-state index contributed by atoms with van der Waals surface area (Å²) in [5.74, 6) is -0.628. The fourth-order valence-corrected chi connectivity index (χ4v) is 1.43. The number of nitrogens with two attached hydrogens (primary N) is 1. The van der Waals surface area contributed by atoms with E-state index in [1.54, 1.807) is 4.90 Å². The maximum absolute atomic E-state index is 11.5. The molecule has 0 aromatic heterocycles. The molecule has 0 radical (unpaired) electrons. The predicted molar refractivity (Wildman–Crippen MR) is 67.8 cm³/mol. The lowest BCUT2D eigenvalue weighted by Crippen LogP contribution is -2.45. The van der Waals surface area contributed by atoms with Crippen LogP contribution in [0.3, 0.4) is 0 Å². The number of imide groups is 1. The Morgan fingerprint density at radius 1 is 1.06 bits per heavy atom. The molecule has 0 rings (SSSR count). The Morgan fingerprint density at radius 3 is 2.17 bits per heavy atom. The zero-order chi connectivity index (χ0) is 14.0. The predicted octanol–water partition coefficient (Wildman–Crippen LogP) is -0.580. The number of carbonyl (C=O) groups is 3. The number of primary amides is 1. The summed E-state index contributed by atoms with van der Waals surface area (Å²) >= 11 is 0. The Hall–Kier alpha value is -1.63. The van der Waals surface area contributed by atoms with Crippen molar-refractivity contribution >= 4 is 17.8 Å². The fourth-order valence-electron chi connectivity index (χ4n) is 1.43.